The number of anilines is 1. The summed E-state index contributed by atoms with van der Waals surface area (Å²) in [6.45, 7) is 2.32. The third-order valence-electron chi connectivity index (χ3n) is 4.18. The summed E-state index contributed by atoms with van der Waals surface area (Å²) in [6, 6.07) is 17.1. The van der Waals surface area contributed by atoms with Crippen LogP contribution in [-0.2, 0) is 4.79 Å². The van der Waals surface area contributed by atoms with E-state index in [0.717, 1.165) is 22.7 Å². The van der Waals surface area contributed by atoms with Gasteiger partial charge in [0.05, 0.1) is 31.0 Å². The molecule has 0 saturated carbocycles. The second kappa shape index (κ2) is 9.71. The fraction of sp³-hybridized carbons (Fsp3) is 0.250. The lowest BCUT2D eigenvalue weighted by Crippen LogP contribution is -2.33. The SMILES string of the molecule is COc1ccc(-n2nnnc2SCC(=O)N(CCC#N)c2ccc(C)cc2)cc1. The summed E-state index contributed by atoms with van der Waals surface area (Å²) in [5.41, 5.74) is 2.64. The number of ether oxygens (including phenoxy) is 1. The lowest BCUT2D eigenvalue weighted by atomic mass is 10.2. The van der Waals surface area contributed by atoms with Gasteiger partial charge in [-0.25, -0.2) is 0 Å². The molecule has 2 aromatic carbocycles. The van der Waals surface area contributed by atoms with Crippen LogP contribution >= 0.6 is 11.8 Å². The molecule has 148 valence electrons. The van der Waals surface area contributed by atoms with Gasteiger partial charge >= 0.3 is 0 Å². The molecule has 0 N–H and O–H groups in total. The van der Waals surface area contributed by atoms with E-state index in [2.05, 4.69) is 21.6 Å². The van der Waals surface area contributed by atoms with Gasteiger partial charge in [-0.2, -0.15) is 9.94 Å². The van der Waals surface area contributed by atoms with Crippen LogP contribution in [0, 0.1) is 18.3 Å². The van der Waals surface area contributed by atoms with Crippen molar-refractivity contribution in [2.75, 3.05) is 24.3 Å². The number of benzene rings is 2. The Morgan fingerprint density at radius 1 is 1.21 bits per heavy atom. The third kappa shape index (κ3) is 5.12. The molecule has 0 atom stereocenters. The molecule has 1 amide bonds. The van der Waals surface area contributed by atoms with Gasteiger partial charge in [0.1, 0.15) is 5.75 Å². The van der Waals surface area contributed by atoms with Crippen LogP contribution in [0.3, 0.4) is 0 Å². The van der Waals surface area contributed by atoms with E-state index in [4.69, 9.17) is 10.00 Å². The summed E-state index contributed by atoms with van der Waals surface area (Å²) in [7, 11) is 1.60. The Kier molecular flexibility index (Phi) is 6.81. The zero-order valence-electron chi connectivity index (χ0n) is 16.1. The summed E-state index contributed by atoms with van der Waals surface area (Å²) in [5.74, 6) is 0.770. The van der Waals surface area contributed by atoms with Crippen molar-refractivity contribution in [1.82, 2.24) is 20.2 Å². The minimum Gasteiger partial charge on any atom is -0.497 e. The molecule has 1 heterocycles. The van der Waals surface area contributed by atoms with E-state index in [0.29, 0.717) is 11.7 Å². The number of tetrazole rings is 1. The summed E-state index contributed by atoms with van der Waals surface area (Å²) in [6.07, 6.45) is 0.258. The van der Waals surface area contributed by atoms with Crippen molar-refractivity contribution in [2.45, 2.75) is 18.5 Å². The summed E-state index contributed by atoms with van der Waals surface area (Å²) in [5, 5.41) is 21.2. The van der Waals surface area contributed by atoms with Crippen LogP contribution in [0.1, 0.15) is 12.0 Å². The van der Waals surface area contributed by atoms with Gasteiger partial charge in [0, 0.05) is 12.2 Å². The summed E-state index contributed by atoms with van der Waals surface area (Å²) >= 11 is 1.25. The second-order valence-electron chi connectivity index (χ2n) is 6.15. The molecule has 29 heavy (non-hydrogen) atoms. The Morgan fingerprint density at radius 2 is 1.93 bits per heavy atom. The molecule has 3 aromatic rings. The van der Waals surface area contributed by atoms with Crippen LogP contribution < -0.4 is 9.64 Å². The number of amides is 1. The largest absolute Gasteiger partial charge is 0.497 e. The van der Waals surface area contributed by atoms with E-state index in [-0.39, 0.29) is 18.1 Å². The van der Waals surface area contributed by atoms with E-state index in [1.807, 2.05) is 55.5 Å². The van der Waals surface area contributed by atoms with Crippen molar-refractivity contribution in [3.8, 4) is 17.5 Å². The number of rotatable bonds is 8. The average Bonchev–Trinajstić information content (AvgIpc) is 3.22. The Bertz CT molecular complexity index is 995. The number of carbonyl (C=O) groups is 1. The number of aryl methyl sites for hydroxylation is 1. The van der Waals surface area contributed by atoms with Crippen molar-refractivity contribution in [1.29, 1.82) is 5.26 Å². The quantitative estimate of drug-likeness (QED) is 0.529. The Morgan fingerprint density at radius 3 is 2.59 bits per heavy atom. The molecule has 0 spiro atoms. The molecular formula is C20H20N6O2S. The van der Waals surface area contributed by atoms with Gasteiger partial charge in [0.15, 0.2) is 0 Å². The first-order chi connectivity index (χ1) is 14.1. The third-order valence-corrected chi connectivity index (χ3v) is 5.08. The number of methoxy groups -OCH3 is 1. The van der Waals surface area contributed by atoms with Gasteiger partial charge in [-0.05, 0) is 53.7 Å². The second-order valence-corrected chi connectivity index (χ2v) is 7.09. The smallest absolute Gasteiger partial charge is 0.237 e. The highest BCUT2D eigenvalue weighted by Crippen LogP contribution is 2.22. The monoisotopic (exact) mass is 408 g/mol. The van der Waals surface area contributed by atoms with Crippen molar-refractivity contribution in [3.05, 3.63) is 54.1 Å². The highest BCUT2D eigenvalue weighted by atomic mass is 32.2. The molecule has 0 bridgehead atoms. The minimum absolute atomic E-state index is 0.113. The maximum absolute atomic E-state index is 12.9. The first-order valence-electron chi connectivity index (χ1n) is 8.92. The number of aromatic nitrogens is 4. The Hall–Kier alpha value is -3.38. The van der Waals surface area contributed by atoms with Crippen molar-refractivity contribution < 1.29 is 9.53 Å². The molecule has 0 radical (unpaired) electrons. The fourth-order valence-electron chi connectivity index (χ4n) is 2.64. The minimum atomic E-state index is -0.113. The zero-order chi connectivity index (χ0) is 20.6. The lowest BCUT2D eigenvalue weighted by Gasteiger charge is -2.21. The van der Waals surface area contributed by atoms with Crippen LogP contribution in [0.5, 0.6) is 5.75 Å². The highest BCUT2D eigenvalue weighted by molar-refractivity contribution is 7.99. The van der Waals surface area contributed by atoms with Crippen LogP contribution in [0.4, 0.5) is 5.69 Å². The van der Waals surface area contributed by atoms with Crippen LogP contribution in [-0.4, -0.2) is 45.5 Å². The number of nitriles is 1. The molecule has 0 aliphatic heterocycles. The highest BCUT2D eigenvalue weighted by Gasteiger charge is 2.18. The lowest BCUT2D eigenvalue weighted by molar-refractivity contribution is -0.116. The number of carbonyl (C=O) groups excluding carboxylic acids is 1. The number of thioether (sulfide) groups is 1. The van der Waals surface area contributed by atoms with E-state index in [9.17, 15) is 4.79 Å². The van der Waals surface area contributed by atoms with E-state index >= 15 is 0 Å². The Balaban J connectivity index is 1.72. The van der Waals surface area contributed by atoms with Crippen LogP contribution in [0.25, 0.3) is 5.69 Å². The predicted molar refractivity (Wildman–Crippen MR) is 110 cm³/mol. The maximum Gasteiger partial charge on any atom is 0.237 e. The summed E-state index contributed by atoms with van der Waals surface area (Å²) in [4.78, 5) is 14.5. The molecule has 3 rings (SSSR count). The maximum atomic E-state index is 12.9. The van der Waals surface area contributed by atoms with Crippen molar-refractivity contribution in [3.63, 3.8) is 0 Å². The van der Waals surface area contributed by atoms with Crippen molar-refractivity contribution in [2.24, 2.45) is 0 Å². The zero-order valence-corrected chi connectivity index (χ0v) is 17.0. The van der Waals surface area contributed by atoms with E-state index < -0.39 is 0 Å². The first kappa shape index (κ1) is 20.4. The van der Waals surface area contributed by atoms with Gasteiger partial charge in [-0.3, -0.25) is 4.79 Å². The number of hydrogen-bond acceptors (Lipinski definition) is 7. The number of nitrogens with zero attached hydrogens (tertiary/aromatic N) is 6. The standard InChI is InChI=1S/C20H20N6O2S/c1-15-4-6-16(7-5-15)25(13-3-12-21)19(27)14-29-20-22-23-24-26(20)17-8-10-18(28-2)11-9-17/h4-11H,3,13-14H2,1-2H3. The first-order valence-corrected chi connectivity index (χ1v) is 9.90. The van der Waals surface area contributed by atoms with Gasteiger partial charge < -0.3 is 9.64 Å². The van der Waals surface area contributed by atoms with E-state index in [1.165, 1.54) is 11.8 Å². The molecule has 9 heteroatoms. The van der Waals surface area contributed by atoms with Gasteiger partial charge in [0.25, 0.3) is 0 Å². The Labute approximate surface area is 173 Å². The molecule has 0 saturated heterocycles. The molecule has 0 fully saturated rings. The molecule has 1 aromatic heterocycles. The molecule has 8 nitrogen and oxygen atoms in total. The molecule has 0 unspecified atom stereocenters. The van der Waals surface area contributed by atoms with Gasteiger partial charge in [-0.15, -0.1) is 5.10 Å². The van der Waals surface area contributed by atoms with Crippen LogP contribution in [0.2, 0.25) is 0 Å². The molecule has 0 aliphatic rings. The molecule has 0 aliphatic carbocycles. The van der Waals surface area contributed by atoms with Crippen LogP contribution in [0.15, 0.2) is 53.7 Å². The van der Waals surface area contributed by atoms with Crippen molar-refractivity contribution >= 4 is 23.4 Å². The number of hydrogen-bond donors (Lipinski definition) is 0. The fourth-order valence-corrected chi connectivity index (χ4v) is 3.41. The normalized spacial score (nSPS) is 10.4. The van der Waals surface area contributed by atoms with Gasteiger partial charge in [-0.1, -0.05) is 29.5 Å². The average molecular weight is 408 g/mol. The predicted octanol–water partition coefficient (Wildman–Crippen LogP) is 3.02. The van der Waals surface area contributed by atoms with Gasteiger partial charge in [0.2, 0.25) is 11.1 Å². The topological polar surface area (TPSA) is 96.9 Å². The summed E-state index contributed by atoms with van der Waals surface area (Å²) < 4.78 is 6.74. The van der Waals surface area contributed by atoms with E-state index in [1.54, 1.807) is 16.7 Å². The molecular weight excluding hydrogens is 388 g/mol.